The van der Waals surface area contributed by atoms with E-state index in [9.17, 15) is 8.42 Å². The molecule has 1 rings (SSSR count). The minimum absolute atomic E-state index is 0.0174. The Hall–Kier alpha value is -1.09. The molecule has 18 heavy (non-hydrogen) atoms. The number of hydrogen-bond donors (Lipinski definition) is 1. The van der Waals surface area contributed by atoms with Crippen LogP contribution in [0.25, 0.3) is 0 Å². The van der Waals surface area contributed by atoms with Gasteiger partial charge in [-0.15, -0.1) is 0 Å². The Morgan fingerprint density at radius 1 is 1.33 bits per heavy atom. The van der Waals surface area contributed by atoms with Crippen molar-refractivity contribution >= 4 is 21.6 Å². The van der Waals surface area contributed by atoms with Crippen molar-refractivity contribution in [3.63, 3.8) is 0 Å². The number of nitrogens with zero attached hydrogens (tertiary/aromatic N) is 1. The van der Waals surface area contributed by atoms with Gasteiger partial charge in [0.25, 0.3) is 0 Å². The van der Waals surface area contributed by atoms with E-state index in [1.165, 1.54) is 12.1 Å². The highest BCUT2D eigenvalue weighted by atomic mass is 35.5. The van der Waals surface area contributed by atoms with E-state index in [1.807, 2.05) is 6.07 Å². The molecule has 1 atom stereocenters. The molecule has 0 aromatic heterocycles. The summed E-state index contributed by atoms with van der Waals surface area (Å²) in [5, 5.41) is 9.17. The molecule has 6 heteroatoms. The van der Waals surface area contributed by atoms with Crippen molar-refractivity contribution in [1.29, 1.82) is 5.26 Å². The Balaban J connectivity index is 3.11. The minimum Gasteiger partial charge on any atom is -0.207 e. The zero-order chi connectivity index (χ0) is 14.0. The van der Waals surface area contributed by atoms with Gasteiger partial charge in [0.15, 0.2) is 0 Å². The van der Waals surface area contributed by atoms with Crippen LogP contribution in [0.4, 0.5) is 0 Å². The monoisotopic (exact) mass is 286 g/mol. The molecule has 0 spiro atoms. The van der Waals surface area contributed by atoms with Gasteiger partial charge in [-0.2, -0.15) is 9.98 Å². The first kappa shape index (κ1) is 15.0. The number of nitriles is 1. The van der Waals surface area contributed by atoms with Crippen LogP contribution in [0, 0.1) is 16.7 Å². The third-order valence-electron chi connectivity index (χ3n) is 2.39. The summed E-state index contributed by atoms with van der Waals surface area (Å²) in [6.07, 6.45) is 0. The van der Waals surface area contributed by atoms with Crippen molar-refractivity contribution in [3.8, 4) is 6.07 Å². The van der Waals surface area contributed by atoms with Gasteiger partial charge in [0.05, 0.1) is 11.1 Å². The van der Waals surface area contributed by atoms with Crippen molar-refractivity contribution in [2.45, 2.75) is 31.7 Å². The number of rotatable bonds is 3. The maximum atomic E-state index is 12.1. The SMILES string of the molecule is CC(C)(C)[C@H](C#N)NS(=O)(=O)c1ccccc1Cl. The maximum Gasteiger partial charge on any atom is 0.243 e. The van der Waals surface area contributed by atoms with E-state index in [1.54, 1.807) is 32.9 Å². The van der Waals surface area contributed by atoms with Crippen LogP contribution < -0.4 is 4.72 Å². The summed E-state index contributed by atoms with van der Waals surface area (Å²) in [7, 11) is -3.79. The van der Waals surface area contributed by atoms with Crippen molar-refractivity contribution < 1.29 is 8.42 Å². The molecule has 0 saturated heterocycles. The molecule has 0 saturated carbocycles. The second kappa shape index (κ2) is 5.27. The van der Waals surface area contributed by atoms with Gasteiger partial charge >= 0.3 is 0 Å². The Morgan fingerprint density at radius 3 is 2.33 bits per heavy atom. The van der Waals surface area contributed by atoms with Gasteiger partial charge in [-0.1, -0.05) is 44.5 Å². The van der Waals surface area contributed by atoms with Crippen LogP contribution in [-0.4, -0.2) is 14.5 Å². The predicted molar refractivity (Wildman–Crippen MR) is 70.6 cm³/mol. The predicted octanol–water partition coefficient (Wildman–Crippen LogP) is 2.56. The van der Waals surface area contributed by atoms with Crippen LogP contribution in [0.1, 0.15) is 20.8 Å². The van der Waals surface area contributed by atoms with Gasteiger partial charge in [0.1, 0.15) is 10.9 Å². The van der Waals surface area contributed by atoms with Crippen molar-refractivity contribution in [3.05, 3.63) is 29.3 Å². The van der Waals surface area contributed by atoms with E-state index in [2.05, 4.69) is 4.72 Å². The second-order valence-corrected chi connectivity index (χ2v) is 7.07. The largest absolute Gasteiger partial charge is 0.243 e. The standard InChI is InChI=1S/C12H15ClN2O2S/c1-12(2,3)11(8-14)15-18(16,17)10-7-5-4-6-9(10)13/h4-7,11,15H,1-3H3/t11-/m0/s1. The van der Waals surface area contributed by atoms with Crippen molar-refractivity contribution in [1.82, 2.24) is 4.72 Å². The molecule has 1 N–H and O–H groups in total. The van der Waals surface area contributed by atoms with Crippen LogP contribution in [0.3, 0.4) is 0 Å². The Labute approximate surface area is 113 Å². The Kier molecular flexibility index (Phi) is 4.38. The molecule has 0 unspecified atom stereocenters. The van der Waals surface area contributed by atoms with E-state index < -0.39 is 21.5 Å². The first-order valence-electron chi connectivity index (χ1n) is 5.35. The molecule has 0 aliphatic heterocycles. The summed E-state index contributed by atoms with van der Waals surface area (Å²) in [4.78, 5) is -0.0174. The highest BCUT2D eigenvalue weighted by Gasteiger charge is 2.30. The molecule has 0 amide bonds. The summed E-state index contributed by atoms with van der Waals surface area (Å²) in [5.41, 5.74) is -0.497. The van der Waals surface area contributed by atoms with Gasteiger partial charge in [0, 0.05) is 0 Å². The molecular weight excluding hydrogens is 272 g/mol. The summed E-state index contributed by atoms with van der Waals surface area (Å²) in [6.45, 7) is 5.36. The number of halogens is 1. The van der Waals surface area contributed by atoms with Gasteiger partial charge in [-0.3, -0.25) is 0 Å². The molecule has 0 bridgehead atoms. The first-order valence-corrected chi connectivity index (χ1v) is 7.21. The lowest BCUT2D eigenvalue weighted by atomic mass is 9.88. The van der Waals surface area contributed by atoms with Gasteiger partial charge in [-0.25, -0.2) is 8.42 Å². The molecule has 4 nitrogen and oxygen atoms in total. The fourth-order valence-electron chi connectivity index (χ4n) is 1.28. The van der Waals surface area contributed by atoms with Gasteiger partial charge in [0.2, 0.25) is 10.0 Å². The maximum absolute atomic E-state index is 12.1. The highest BCUT2D eigenvalue weighted by molar-refractivity contribution is 7.89. The summed E-state index contributed by atoms with van der Waals surface area (Å²) >= 11 is 5.85. The highest BCUT2D eigenvalue weighted by Crippen LogP contribution is 2.24. The van der Waals surface area contributed by atoms with Crippen LogP contribution >= 0.6 is 11.6 Å². The second-order valence-electron chi connectivity index (χ2n) is 4.98. The smallest absolute Gasteiger partial charge is 0.207 e. The third kappa shape index (κ3) is 3.45. The molecule has 0 fully saturated rings. The molecule has 0 radical (unpaired) electrons. The number of sulfonamides is 1. The fraction of sp³-hybridized carbons (Fsp3) is 0.417. The van der Waals surface area contributed by atoms with Crippen LogP contribution in [0.15, 0.2) is 29.2 Å². The lowest BCUT2D eigenvalue weighted by Gasteiger charge is -2.25. The number of benzene rings is 1. The Morgan fingerprint density at radius 2 is 1.89 bits per heavy atom. The normalized spacial score (nSPS) is 13.9. The summed E-state index contributed by atoms with van der Waals surface area (Å²) < 4.78 is 26.6. The Bertz CT molecular complexity index is 570. The summed E-state index contributed by atoms with van der Waals surface area (Å²) in [6, 6.07) is 7.26. The van der Waals surface area contributed by atoms with Crippen LogP contribution in [0.5, 0.6) is 0 Å². The van der Waals surface area contributed by atoms with E-state index in [0.29, 0.717) is 0 Å². The first-order chi connectivity index (χ1) is 8.18. The lowest BCUT2D eigenvalue weighted by molar-refractivity contribution is 0.350. The van der Waals surface area contributed by atoms with E-state index in [0.717, 1.165) is 0 Å². The van der Waals surface area contributed by atoms with Crippen molar-refractivity contribution in [2.24, 2.45) is 5.41 Å². The average molecular weight is 287 g/mol. The third-order valence-corrected chi connectivity index (χ3v) is 4.32. The molecule has 0 heterocycles. The molecule has 0 aliphatic carbocycles. The van der Waals surface area contributed by atoms with E-state index in [4.69, 9.17) is 16.9 Å². The fourth-order valence-corrected chi connectivity index (χ4v) is 3.14. The quantitative estimate of drug-likeness (QED) is 0.928. The van der Waals surface area contributed by atoms with Crippen LogP contribution in [0.2, 0.25) is 5.02 Å². The van der Waals surface area contributed by atoms with E-state index >= 15 is 0 Å². The number of nitrogens with one attached hydrogen (secondary N) is 1. The van der Waals surface area contributed by atoms with Gasteiger partial charge < -0.3 is 0 Å². The van der Waals surface area contributed by atoms with Crippen molar-refractivity contribution in [2.75, 3.05) is 0 Å². The average Bonchev–Trinajstić information content (AvgIpc) is 2.24. The van der Waals surface area contributed by atoms with E-state index in [-0.39, 0.29) is 9.92 Å². The molecule has 98 valence electrons. The zero-order valence-electron chi connectivity index (χ0n) is 10.4. The van der Waals surface area contributed by atoms with Crippen LogP contribution in [-0.2, 0) is 10.0 Å². The lowest BCUT2D eigenvalue weighted by Crippen LogP contribution is -2.42. The topological polar surface area (TPSA) is 70.0 Å². The minimum atomic E-state index is -3.79. The number of hydrogen-bond acceptors (Lipinski definition) is 3. The molecule has 1 aromatic carbocycles. The van der Waals surface area contributed by atoms with Gasteiger partial charge in [-0.05, 0) is 17.5 Å². The molecule has 1 aromatic rings. The summed E-state index contributed by atoms with van der Waals surface area (Å²) in [5.74, 6) is 0. The molecular formula is C12H15ClN2O2S. The molecule has 0 aliphatic rings. The zero-order valence-corrected chi connectivity index (χ0v) is 12.0.